The largest absolute Gasteiger partial charge is 0.438 e. The summed E-state index contributed by atoms with van der Waals surface area (Å²) in [5.74, 6) is 1.61. The minimum atomic E-state index is -0.622. The maximum atomic E-state index is 14.5. The molecule has 2 aliphatic heterocycles. The first-order chi connectivity index (χ1) is 25.4. The summed E-state index contributed by atoms with van der Waals surface area (Å²) in [5.41, 5.74) is 5.07. The molecule has 0 radical (unpaired) electrons. The summed E-state index contributed by atoms with van der Waals surface area (Å²) in [6.45, 7) is 7.21. The number of carbonyl (C=O) groups excluding carboxylic acids is 2. The number of hydrogen-bond acceptors (Lipinski definition) is 9. The highest BCUT2D eigenvalue weighted by atomic mass is 32.2. The number of hydrogen-bond donors (Lipinski definition) is 2. The van der Waals surface area contributed by atoms with Crippen LogP contribution in [0.2, 0.25) is 0 Å². The van der Waals surface area contributed by atoms with Crippen LogP contribution in [-0.2, 0) is 24.9 Å². The molecule has 0 atom stereocenters. The Hall–Kier alpha value is -4.30. The molecule has 2 N–H and O–H groups in total. The number of aromatic nitrogens is 3. The molecule has 3 aliphatic rings. The van der Waals surface area contributed by atoms with E-state index in [1.54, 1.807) is 24.0 Å². The highest BCUT2D eigenvalue weighted by molar-refractivity contribution is 7.99. The Morgan fingerprint density at radius 3 is 2.37 bits per heavy atom. The topological polar surface area (TPSA) is 114 Å². The molecule has 4 heterocycles. The molecule has 2 aromatic carbocycles. The van der Waals surface area contributed by atoms with E-state index in [-0.39, 0.29) is 29.4 Å². The molecule has 0 bridgehead atoms. The fraction of sp³-hybridized carbons (Fsp3) is 0.436. The van der Waals surface area contributed by atoms with Gasteiger partial charge in [0.25, 0.3) is 11.8 Å². The van der Waals surface area contributed by atoms with E-state index in [2.05, 4.69) is 54.8 Å². The minimum absolute atomic E-state index is 0.0101. The maximum Gasteiger partial charge on any atom is 0.271 e. The standard InChI is InChI=1S/C39H46FN7O4S/c1-45-12-11-36(44-45)38(49)43-32-8-6-31(7-9-32)42-37(48)35-23-30(40)24-41-39(35)51-33-4-2-3-28(22-33)34-10-5-27(25-47-15-19-52-20-16-47)21-29(34)26-46-13-17-50-18-14-46/h2-5,10-12,21-24,31-32H,6-9,13-20,25-26H2,1H3,(H,42,48)(H,43,49)/t31-,32+. The Balaban J connectivity index is 1.03. The van der Waals surface area contributed by atoms with Crippen LogP contribution < -0.4 is 15.4 Å². The van der Waals surface area contributed by atoms with Crippen molar-refractivity contribution in [2.75, 3.05) is 50.9 Å². The molecule has 13 heteroatoms. The molecule has 274 valence electrons. The summed E-state index contributed by atoms with van der Waals surface area (Å²) in [4.78, 5) is 35.2. The van der Waals surface area contributed by atoms with Gasteiger partial charge in [0.15, 0.2) is 0 Å². The van der Waals surface area contributed by atoms with Crippen molar-refractivity contribution in [3.63, 3.8) is 0 Å². The van der Waals surface area contributed by atoms with E-state index in [9.17, 15) is 14.0 Å². The molecule has 11 nitrogen and oxygen atoms in total. The van der Waals surface area contributed by atoms with Crippen molar-refractivity contribution in [2.24, 2.45) is 7.05 Å². The number of nitrogens with one attached hydrogen (secondary N) is 2. The van der Waals surface area contributed by atoms with Gasteiger partial charge in [-0.15, -0.1) is 0 Å². The highest BCUT2D eigenvalue weighted by Gasteiger charge is 2.26. The Bertz CT molecular complexity index is 1850. The van der Waals surface area contributed by atoms with E-state index >= 15 is 0 Å². The number of amides is 2. The Labute approximate surface area is 308 Å². The Kier molecular flexibility index (Phi) is 11.8. The lowest BCUT2D eigenvalue weighted by Crippen LogP contribution is -2.44. The number of carbonyl (C=O) groups is 2. The molecule has 52 heavy (non-hydrogen) atoms. The summed E-state index contributed by atoms with van der Waals surface area (Å²) in [5, 5.41) is 10.3. The van der Waals surface area contributed by atoms with Crippen molar-refractivity contribution in [1.82, 2.24) is 35.2 Å². The zero-order chi connectivity index (χ0) is 35.9. The van der Waals surface area contributed by atoms with E-state index in [0.29, 0.717) is 37.1 Å². The molecule has 0 unspecified atom stereocenters. The maximum absolute atomic E-state index is 14.5. The third kappa shape index (κ3) is 9.37. The number of aryl methyl sites for hydroxylation is 1. The number of rotatable bonds is 11. The van der Waals surface area contributed by atoms with Crippen LogP contribution in [0.25, 0.3) is 11.1 Å². The van der Waals surface area contributed by atoms with Gasteiger partial charge in [0, 0.05) is 76.1 Å². The van der Waals surface area contributed by atoms with Gasteiger partial charge in [0.05, 0.1) is 19.4 Å². The smallest absolute Gasteiger partial charge is 0.271 e. The lowest BCUT2D eigenvalue weighted by atomic mass is 9.91. The van der Waals surface area contributed by atoms with Crippen molar-refractivity contribution < 1.29 is 23.5 Å². The number of ether oxygens (including phenoxy) is 2. The van der Waals surface area contributed by atoms with Crippen LogP contribution in [-0.4, -0.2) is 99.4 Å². The van der Waals surface area contributed by atoms with E-state index in [4.69, 9.17) is 9.47 Å². The molecule has 2 aromatic heterocycles. The molecule has 1 aliphatic carbocycles. The molecule has 4 aromatic rings. The van der Waals surface area contributed by atoms with Crippen molar-refractivity contribution >= 4 is 23.6 Å². The van der Waals surface area contributed by atoms with Crippen LogP contribution >= 0.6 is 11.8 Å². The minimum Gasteiger partial charge on any atom is -0.438 e. The second-order valence-electron chi connectivity index (χ2n) is 13.8. The lowest BCUT2D eigenvalue weighted by Gasteiger charge is -2.29. The number of benzene rings is 2. The summed E-state index contributed by atoms with van der Waals surface area (Å²) >= 11 is 2.02. The molecular formula is C39H46FN7O4S. The van der Waals surface area contributed by atoms with Gasteiger partial charge in [-0.3, -0.25) is 24.1 Å². The molecule has 3 fully saturated rings. The van der Waals surface area contributed by atoms with Gasteiger partial charge in [0.1, 0.15) is 22.8 Å². The SMILES string of the molecule is Cn1ccc(C(=O)N[C@H]2CC[C@@H](NC(=O)c3cc(F)cnc3Oc3cccc(-c4ccc(CN5CCSCC5)cc4CN4CCOCC4)c3)CC2)n1. The van der Waals surface area contributed by atoms with Gasteiger partial charge in [-0.25, -0.2) is 9.37 Å². The third-order valence-electron chi connectivity index (χ3n) is 9.94. The van der Waals surface area contributed by atoms with E-state index in [1.807, 2.05) is 30.0 Å². The zero-order valence-corrected chi connectivity index (χ0v) is 30.4. The summed E-state index contributed by atoms with van der Waals surface area (Å²) in [6.07, 6.45) is 5.53. The number of pyridine rings is 1. The van der Waals surface area contributed by atoms with Crippen molar-refractivity contribution in [3.8, 4) is 22.8 Å². The van der Waals surface area contributed by atoms with Gasteiger partial charge in [-0.05, 0) is 72.2 Å². The number of nitrogens with zero attached hydrogens (tertiary/aromatic N) is 5. The van der Waals surface area contributed by atoms with Gasteiger partial charge in [-0.2, -0.15) is 16.9 Å². The van der Waals surface area contributed by atoms with Gasteiger partial charge >= 0.3 is 0 Å². The molecule has 0 spiro atoms. The average molecular weight is 728 g/mol. The van der Waals surface area contributed by atoms with E-state index in [0.717, 1.165) is 69.8 Å². The van der Waals surface area contributed by atoms with Gasteiger partial charge in [0.2, 0.25) is 5.88 Å². The number of morpholine rings is 1. The van der Waals surface area contributed by atoms with E-state index in [1.165, 1.54) is 28.7 Å². The lowest BCUT2D eigenvalue weighted by molar-refractivity contribution is 0.0342. The van der Waals surface area contributed by atoms with Crippen LogP contribution in [0.5, 0.6) is 11.6 Å². The summed E-state index contributed by atoms with van der Waals surface area (Å²) < 4.78 is 27.9. The fourth-order valence-corrected chi connectivity index (χ4v) is 8.10. The van der Waals surface area contributed by atoms with Gasteiger partial charge < -0.3 is 20.1 Å². The third-order valence-corrected chi connectivity index (χ3v) is 10.9. The van der Waals surface area contributed by atoms with E-state index < -0.39 is 11.7 Å². The summed E-state index contributed by atoms with van der Waals surface area (Å²) in [6, 6.07) is 17.2. The van der Waals surface area contributed by atoms with Crippen molar-refractivity contribution in [1.29, 1.82) is 0 Å². The molecule has 1 saturated carbocycles. The average Bonchev–Trinajstić information content (AvgIpc) is 3.60. The number of halogens is 1. The Morgan fingerprint density at radius 2 is 1.63 bits per heavy atom. The van der Waals surface area contributed by atoms with Crippen LogP contribution in [0.3, 0.4) is 0 Å². The van der Waals surface area contributed by atoms with Crippen LogP contribution in [0, 0.1) is 5.82 Å². The Morgan fingerprint density at radius 1 is 0.904 bits per heavy atom. The molecule has 7 rings (SSSR count). The van der Waals surface area contributed by atoms with Crippen molar-refractivity contribution in [3.05, 3.63) is 95.2 Å². The molecule has 2 saturated heterocycles. The van der Waals surface area contributed by atoms with Crippen LogP contribution in [0.1, 0.15) is 57.7 Å². The van der Waals surface area contributed by atoms with Crippen LogP contribution in [0.15, 0.2) is 67.0 Å². The van der Waals surface area contributed by atoms with Crippen molar-refractivity contribution in [2.45, 2.75) is 50.9 Å². The highest BCUT2D eigenvalue weighted by Crippen LogP contribution is 2.32. The first-order valence-electron chi connectivity index (χ1n) is 18.1. The predicted molar refractivity (Wildman–Crippen MR) is 199 cm³/mol. The number of thioether (sulfide) groups is 1. The quantitative estimate of drug-likeness (QED) is 0.214. The molecular weight excluding hydrogens is 682 g/mol. The summed E-state index contributed by atoms with van der Waals surface area (Å²) in [7, 11) is 1.77. The van der Waals surface area contributed by atoms with Crippen LogP contribution in [0.4, 0.5) is 4.39 Å². The first kappa shape index (κ1) is 36.1. The predicted octanol–water partition coefficient (Wildman–Crippen LogP) is 5.27. The second kappa shape index (κ2) is 17.0. The zero-order valence-electron chi connectivity index (χ0n) is 29.6. The monoisotopic (exact) mass is 727 g/mol. The normalized spacial score (nSPS) is 20.0. The first-order valence-corrected chi connectivity index (χ1v) is 19.3. The second-order valence-corrected chi connectivity index (χ2v) is 15.0. The molecule has 2 amide bonds. The van der Waals surface area contributed by atoms with Gasteiger partial charge in [-0.1, -0.05) is 30.3 Å². The fourth-order valence-electron chi connectivity index (χ4n) is 7.13.